The summed E-state index contributed by atoms with van der Waals surface area (Å²) in [5.41, 5.74) is 2.81. The van der Waals surface area contributed by atoms with E-state index in [9.17, 15) is 5.11 Å². The van der Waals surface area contributed by atoms with E-state index in [2.05, 4.69) is 64.9 Å². The minimum atomic E-state index is -2.04. The third-order valence-corrected chi connectivity index (χ3v) is 17.5. The van der Waals surface area contributed by atoms with Crippen molar-refractivity contribution in [3.63, 3.8) is 0 Å². The molecule has 52 heavy (non-hydrogen) atoms. The molecule has 1 aliphatic carbocycles. The second-order valence-corrected chi connectivity index (χ2v) is 29.0. The Morgan fingerprint density at radius 3 is 2.38 bits per heavy atom. The predicted molar refractivity (Wildman–Crippen MR) is 208 cm³/mol. The summed E-state index contributed by atoms with van der Waals surface area (Å²) in [6.45, 7) is 23.3. The van der Waals surface area contributed by atoms with Crippen LogP contribution in [0.1, 0.15) is 70.2 Å². The molecule has 2 aromatic heterocycles. The van der Waals surface area contributed by atoms with Crippen LogP contribution in [0.3, 0.4) is 0 Å². The number of benzene rings is 1. The summed E-state index contributed by atoms with van der Waals surface area (Å²) < 4.78 is 49.5. The molecule has 5 atom stereocenters. The molecule has 1 aromatic carbocycles. The molecule has 3 aliphatic rings. The van der Waals surface area contributed by atoms with Crippen LogP contribution in [0.2, 0.25) is 48.8 Å². The Kier molecular flexibility index (Phi) is 11.3. The van der Waals surface area contributed by atoms with Crippen LogP contribution in [0.15, 0.2) is 18.2 Å². The normalized spacial score (nSPS) is 23.8. The number of aryl methyl sites for hydroxylation is 2. The average molecular weight is 778 g/mol. The quantitative estimate of drug-likeness (QED) is 0.124. The zero-order valence-electron chi connectivity index (χ0n) is 32.6. The fourth-order valence-electron chi connectivity index (χ4n) is 6.85. The lowest BCUT2D eigenvalue weighted by molar-refractivity contribution is 0.00687. The van der Waals surface area contributed by atoms with Crippen molar-refractivity contribution in [1.29, 1.82) is 0 Å². The molecule has 0 radical (unpaired) electrons. The number of pyridine rings is 1. The summed E-state index contributed by atoms with van der Waals surface area (Å²) in [6, 6.07) is 6.49. The highest BCUT2D eigenvalue weighted by Gasteiger charge is 2.52. The molecule has 4 heterocycles. The van der Waals surface area contributed by atoms with Crippen LogP contribution < -0.4 is 10.1 Å². The van der Waals surface area contributed by atoms with E-state index in [0.29, 0.717) is 72.7 Å². The topological polar surface area (TPSA) is 109 Å². The van der Waals surface area contributed by atoms with Crippen molar-refractivity contribution in [2.75, 3.05) is 25.1 Å². The highest BCUT2D eigenvalue weighted by atomic mass is 35.5. The van der Waals surface area contributed by atoms with Crippen molar-refractivity contribution in [3.05, 3.63) is 45.7 Å². The standard InChI is InChI=1S/C38H58ClFN4O6Si2/c1-37(2,3)52(9,10)50-30-21-48-32-29(20-47-33(30)32)49-36-42-28-19-25(39)34(43-35(28)44(36)22-46-15-16-51(6,7)8)41-27-12-11-24-17-23(13-14-38(4,5)45)18-26(40)31(24)27/h17-19,27,29-30,32-33,45H,11-16,20-22H2,1-10H3,(H,41,43)/t27-,29+,30?,32+,33+/m0/s1. The third kappa shape index (κ3) is 8.88. The van der Waals surface area contributed by atoms with Gasteiger partial charge in [0.1, 0.15) is 36.1 Å². The van der Waals surface area contributed by atoms with E-state index < -0.39 is 28.1 Å². The summed E-state index contributed by atoms with van der Waals surface area (Å²) in [5.74, 6) is 0.191. The molecule has 0 saturated carbocycles. The van der Waals surface area contributed by atoms with Gasteiger partial charge in [-0.2, -0.15) is 4.98 Å². The molecule has 2 saturated heterocycles. The van der Waals surface area contributed by atoms with Crippen LogP contribution in [-0.2, 0) is 38.2 Å². The summed E-state index contributed by atoms with van der Waals surface area (Å²) in [4.78, 5) is 9.80. The van der Waals surface area contributed by atoms with E-state index in [4.69, 9.17) is 44.9 Å². The number of nitrogens with zero attached hydrogens (tertiary/aromatic N) is 3. The van der Waals surface area contributed by atoms with Gasteiger partial charge in [-0.1, -0.05) is 58.1 Å². The van der Waals surface area contributed by atoms with E-state index >= 15 is 4.39 Å². The van der Waals surface area contributed by atoms with Gasteiger partial charge < -0.3 is 33.8 Å². The van der Waals surface area contributed by atoms with Gasteiger partial charge in [0.05, 0.1) is 36.0 Å². The van der Waals surface area contributed by atoms with Gasteiger partial charge in [-0.05, 0) is 87.0 Å². The molecule has 0 bridgehead atoms. The smallest absolute Gasteiger partial charge is 0.301 e. The fourth-order valence-corrected chi connectivity index (χ4v) is 9.12. The van der Waals surface area contributed by atoms with Gasteiger partial charge in [-0.15, -0.1) is 0 Å². The first-order valence-electron chi connectivity index (χ1n) is 18.7. The Morgan fingerprint density at radius 1 is 1.02 bits per heavy atom. The summed E-state index contributed by atoms with van der Waals surface area (Å²) in [5, 5.41) is 14.1. The highest BCUT2D eigenvalue weighted by Crippen LogP contribution is 2.42. The number of ether oxygens (including phenoxy) is 4. The molecule has 6 rings (SSSR count). The zero-order chi connectivity index (χ0) is 37.8. The van der Waals surface area contributed by atoms with Crippen LogP contribution >= 0.6 is 11.6 Å². The predicted octanol–water partition coefficient (Wildman–Crippen LogP) is 8.27. The summed E-state index contributed by atoms with van der Waals surface area (Å²) in [6.07, 6.45) is 1.54. The molecule has 14 heteroatoms. The number of aromatic nitrogens is 3. The first-order valence-corrected chi connectivity index (χ1v) is 25.7. The fraction of sp³-hybridized carbons (Fsp3) is 0.684. The molecule has 10 nitrogen and oxygen atoms in total. The van der Waals surface area contributed by atoms with Crippen molar-refractivity contribution in [3.8, 4) is 6.01 Å². The number of imidazole rings is 1. The molecule has 3 aromatic rings. The van der Waals surface area contributed by atoms with Crippen LogP contribution in [-0.4, -0.2) is 85.9 Å². The molecule has 2 fully saturated rings. The second kappa shape index (κ2) is 14.9. The molecule has 2 N–H and O–H groups in total. The number of halogens is 2. The summed E-state index contributed by atoms with van der Waals surface area (Å²) >= 11 is 6.83. The van der Waals surface area contributed by atoms with Crippen LogP contribution in [0, 0.1) is 5.82 Å². The van der Waals surface area contributed by atoms with Crippen LogP contribution in [0.25, 0.3) is 11.2 Å². The van der Waals surface area contributed by atoms with E-state index in [1.807, 2.05) is 4.57 Å². The monoisotopic (exact) mass is 776 g/mol. The van der Waals surface area contributed by atoms with Gasteiger partial charge in [0.15, 0.2) is 20.1 Å². The first-order chi connectivity index (χ1) is 24.2. The Labute approximate surface area is 315 Å². The highest BCUT2D eigenvalue weighted by molar-refractivity contribution is 6.76. The second-order valence-electron chi connectivity index (χ2n) is 18.2. The lowest BCUT2D eigenvalue weighted by atomic mass is 9.96. The van der Waals surface area contributed by atoms with Crippen LogP contribution in [0.5, 0.6) is 6.01 Å². The SMILES string of the molecule is CC(C)(O)CCc1cc(F)c2c(c1)CC[C@@H]2Nc1nc2c(cc1Cl)nc(O[C@@H]1CO[C@@H]3C(O[Si](C)(C)C(C)(C)C)CO[C@@H]31)n2COCC[Si](C)(C)C. The maximum atomic E-state index is 15.6. The number of hydrogen-bond acceptors (Lipinski definition) is 9. The first kappa shape index (κ1) is 39.6. The minimum Gasteiger partial charge on any atom is -0.456 e. The number of rotatable bonds is 14. The number of fused-ring (bicyclic) bond motifs is 3. The molecular weight excluding hydrogens is 719 g/mol. The minimum absolute atomic E-state index is 0.0685. The van der Waals surface area contributed by atoms with Gasteiger partial charge in [-0.25, -0.2) is 9.37 Å². The number of anilines is 1. The van der Waals surface area contributed by atoms with Crippen molar-refractivity contribution in [2.45, 2.75) is 147 Å². The van der Waals surface area contributed by atoms with E-state index in [0.717, 1.165) is 23.6 Å². The maximum Gasteiger partial charge on any atom is 0.301 e. The van der Waals surface area contributed by atoms with Gasteiger partial charge in [-0.3, -0.25) is 4.57 Å². The molecular formula is C38H58ClFN4O6Si2. The van der Waals surface area contributed by atoms with Gasteiger partial charge in [0.25, 0.3) is 0 Å². The van der Waals surface area contributed by atoms with Crippen molar-refractivity contribution >= 4 is 45.0 Å². The molecule has 2 aliphatic heterocycles. The molecule has 288 valence electrons. The van der Waals surface area contributed by atoms with E-state index in [-0.39, 0.29) is 41.9 Å². The van der Waals surface area contributed by atoms with E-state index in [1.54, 1.807) is 26.0 Å². The lowest BCUT2D eigenvalue weighted by Crippen LogP contribution is -2.47. The molecule has 0 spiro atoms. The van der Waals surface area contributed by atoms with Gasteiger partial charge >= 0.3 is 6.01 Å². The number of nitrogens with one attached hydrogen (secondary N) is 1. The summed E-state index contributed by atoms with van der Waals surface area (Å²) in [7, 11) is -3.36. The molecule has 0 amide bonds. The number of aliphatic hydroxyl groups is 1. The Morgan fingerprint density at radius 2 is 1.71 bits per heavy atom. The largest absolute Gasteiger partial charge is 0.456 e. The molecule has 1 unspecified atom stereocenters. The van der Waals surface area contributed by atoms with Crippen molar-refractivity contribution in [1.82, 2.24) is 14.5 Å². The van der Waals surface area contributed by atoms with Gasteiger partial charge in [0.2, 0.25) is 0 Å². The lowest BCUT2D eigenvalue weighted by Gasteiger charge is -2.39. The average Bonchev–Trinajstić information content (AvgIpc) is 3.78. The van der Waals surface area contributed by atoms with E-state index in [1.165, 1.54) is 0 Å². The zero-order valence-corrected chi connectivity index (χ0v) is 35.3. The Bertz CT molecular complexity index is 1750. The Hall–Kier alpha value is -2.11. The van der Waals surface area contributed by atoms with Crippen LogP contribution in [0.4, 0.5) is 10.2 Å². The number of hydrogen-bond donors (Lipinski definition) is 2. The van der Waals surface area contributed by atoms with Crippen molar-refractivity contribution in [2.24, 2.45) is 0 Å². The third-order valence-electron chi connectivity index (χ3n) is 11.0. The van der Waals surface area contributed by atoms with Crippen molar-refractivity contribution < 1.29 is 32.9 Å². The van der Waals surface area contributed by atoms with Gasteiger partial charge in [0, 0.05) is 20.2 Å². The maximum absolute atomic E-state index is 15.6. The Balaban J connectivity index is 1.23.